The molecule has 1 atom stereocenters. The van der Waals surface area contributed by atoms with E-state index in [2.05, 4.69) is 0 Å². The van der Waals surface area contributed by atoms with E-state index < -0.39 is 47.9 Å². The van der Waals surface area contributed by atoms with Gasteiger partial charge in [-0.05, 0) is 0 Å². The van der Waals surface area contributed by atoms with E-state index in [1.54, 1.807) is 4.98 Å². The summed E-state index contributed by atoms with van der Waals surface area (Å²) < 4.78 is 13.5. The molecule has 3 N–H and O–H groups in total. The van der Waals surface area contributed by atoms with Crippen LogP contribution in [0, 0.1) is 11.7 Å². The third kappa shape index (κ3) is 3.27. The van der Waals surface area contributed by atoms with E-state index >= 15 is 0 Å². The number of carboxylic acids is 2. The smallest absolute Gasteiger partial charge is 0.328 e. The molecule has 0 aliphatic heterocycles. The number of halogens is 1. The summed E-state index contributed by atoms with van der Waals surface area (Å²) in [5, 5.41) is 17.3. The molecule has 9 heteroatoms. The minimum Gasteiger partial charge on any atom is -0.481 e. The largest absolute Gasteiger partial charge is 0.481 e. The fraction of sp³-hybridized carbons (Fsp3) is 0.333. The van der Waals surface area contributed by atoms with Crippen molar-refractivity contribution in [3.05, 3.63) is 32.9 Å². The molecule has 0 saturated heterocycles. The molecule has 18 heavy (non-hydrogen) atoms. The number of H-pyrrole nitrogens is 1. The van der Waals surface area contributed by atoms with E-state index in [9.17, 15) is 23.6 Å². The van der Waals surface area contributed by atoms with Gasteiger partial charge in [0.05, 0.1) is 18.5 Å². The van der Waals surface area contributed by atoms with E-state index in [0.717, 1.165) is 0 Å². The number of carboxylic acid groups (broad SMARTS) is 2. The van der Waals surface area contributed by atoms with Crippen molar-refractivity contribution in [2.75, 3.05) is 0 Å². The Kier molecular flexibility index (Phi) is 3.97. The summed E-state index contributed by atoms with van der Waals surface area (Å²) in [6.45, 7) is -0.547. The van der Waals surface area contributed by atoms with Crippen molar-refractivity contribution in [1.82, 2.24) is 9.55 Å². The number of rotatable bonds is 5. The van der Waals surface area contributed by atoms with Gasteiger partial charge in [-0.3, -0.25) is 23.9 Å². The van der Waals surface area contributed by atoms with Gasteiger partial charge in [0.1, 0.15) is 0 Å². The zero-order valence-electron chi connectivity index (χ0n) is 8.92. The molecule has 0 amide bonds. The predicted molar refractivity (Wildman–Crippen MR) is 54.7 cm³/mol. The highest BCUT2D eigenvalue weighted by Crippen LogP contribution is 2.06. The molecule has 0 saturated carbocycles. The molecule has 1 aromatic heterocycles. The highest BCUT2D eigenvalue weighted by molar-refractivity contribution is 5.77. The Balaban J connectivity index is 3.04. The summed E-state index contributed by atoms with van der Waals surface area (Å²) in [5.41, 5.74) is -2.22. The van der Waals surface area contributed by atoms with Crippen LogP contribution in [-0.4, -0.2) is 31.7 Å². The second kappa shape index (κ2) is 5.25. The molecule has 1 aromatic rings. The fourth-order valence-corrected chi connectivity index (χ4v) is 1.30. The van der Waals surface area contributed by atoms with Gasteiger partial charge in [0, 0.05) is 6.54 Å². The second-order valence-electron chi connectivity index (χ2n) is 3.52. The zero-order valence-corrected chi connectivity index (χ0v) is 8.92. The van der Waals surface area contributed by atoms with Crippen molar-refractivity contribution in [2.45, 2.75) is 13.0 Å². The van der Waals surface area contributed by atoms with Gasteiger partial charge in [-0.2, -0.15) is 4.39 Å². The number of nitrogens with zero attached hydrogens (tertiary/aromatic N) is 1. The molecule has 1 unspecified atom stereocenters. The standard InChI is InChI=1S/C9H9FN2O6/c10-5-3-12(9(18)11-7(5)15)2-4(8(16)17)1-6(13)14/h3-4H,1-2H2,(H,13,14)(H,16,17)(H,11,15,18). The highest BCUT2D eigenvalue weighted by Gasteiger charge is 2.22. The Morgan fingerprint density at radius 1 is 1.39 bits per heavy atom. The molecule has 0 radical (unpaired) electrons. The van der Waals surface area contributed by atoms with Crippen molar-refractivity contribution in [2.24, 2.45) is 5.92 Å². The first-order valence-corrected chi connectivity index (χ1v) is 4.75. The maximum Gasteiger partial charge on any atom is 0.328 e. The molecule has 0 aromatic carbocycles. The van der Waals surface area contributed by atoms with Crippen LogP contribution in [0.3, 0.4) is 0 Å². The fourth-order valence-electron chi connectivity index (χ4n) is 1.30. The number of aliphatic carboxylic acids is 2. The first kappa shape index (κ1) is 13.6. The van der Waals surface area contributed by atoms with Gasteiger partial charge in [0.25, 0.3) is 5.56 Å². The van der Waals surface area contributed by atoms with Crippen molar-refractivity contribution in [3.63, 3.8) is 0 Å². The molecule has 0 aliphatic rings. The monoisotopic (exact) mass is 260 g/mol. The molecule has 0 aliphatic carbocycles. The van der Waals surface area contributed by atoms with E-state index in [1.165, 1.54) is 0 Å². The van der Waals surface area contributed by atoms with Gasteiger partial charge in [-0.15, -0.1) is 0 Å². The number of nitrogens with one attached hydrogen (secondary N) is 1. The summed E-state index contributed by atoms with van der Waals surface area (Å²) >= 11 is 0. The minimum absolute atomic E-state index is 0.541. The first-order chi connectivity index (χ1) is 8.31. The van der Waals surface area contributed by atoms with Crippen LogP contribution in [0.1, 0.15) is 6.42 Å². The first-order valence-electron chi connectivity index (χ1n) is 4.75. The van der Waals surface area contributed by atoms with Crippen LogP contribution >= 0.6 is 0 Å². The summed E-state index contributed by atoms with van der Waals surface area (Å²) in [7, 11) is 0. The normalized spacial score (nSPS) is 12.1. The van der Waals surface area contributed by atoms with E-state index in [0.29, 0.717) is 10.8 Å². The van der Waals surface area contributed by atoms with Gasteiger partial charge in [0.2, 0.25) is 5.82 Å². The van der Waals surface area contributed by atoms with Crippen molar-refractivity contribution >= 4 is 11.9 Å². The quantitative estimate of drug-likeness (QED) is 0.613. The molecular weight excluding hydrogens is 251 g/mol. The van der Waals surface area contributed by atoms with E-state index in [4.69, 9.17) is 10.2 Å². The number of aromatic nitrogens is 2. The van der Waals surface area contributed by atoms with Gasteiger partial charge >= 0.3 is 17.6 Å². The Morgan fingerprint density at radius 2 is 2.00 bits per heavy atom. The Hall–Kier alpha value is -2.45. The topological polar surface area (TPSA) is 129 Å². The third-order valence-electron chi connectivity index (χ3n) is 2.15. The summed E-state index contributed by atoms with van der Waals surface area (Å²) in [6.07, 6.45) is -0.179. The predicted octanol–water partition coefficient (Wildman–Crippen LogP) is -1.15. The maximum absolute atomic E-state index is 12.9. The Labute approximate surface area is 98.3 Å². The lowest BCUT2D eigenvalue weighted by Gasteiger charge is -2.11. The van der Waals surface area contributed by atoms with Gasteiger partial charge in [0.15, 0.2) is 0 Å². The van der Waals surface area contributed by atoms with Gasteiger partial charge in [-0.1, -0.05) is 0 Å². The maximum atomic E-state index is 12.9. The van der Waals surface area contributed by atoms with E-state index in [1.807, 2.05) is 0 Å². The van der Waals surface area contributed by atoms with Crippen LogP contribution in [0.5, 0.6) is 0 Å². The lowest BCUT2D eigenvalue weighted by Crippen LogP contribution is -2.35. The van der Waals surface area contributed by atoms with Crippen molar-refractivity contribution in [1.29, 1.82) is 0 Å². The third-order valence-corrected chi connectivity index (χ3v) is 2.15. The highest BCUT2D eigenvalue weighted by atomic mass is 19.1. The van der Waals surface area contributed by atoms with Crippen LogP contribution in [0.4, 0.5) is 4.39 Å². The minimum atomic E-state index is -1.43. The molecule has 98 valence electrons. The molecule has 1 heterocycles. The van der Waals surface area contributed by atoms with Crippen LogP contribution in [0.25, 0.3) is 0 Å². The molecular formula is C9H9FN2O6. The van der Waals surface area contributed by atoms with Crippen LogP contribution < -0.4 is 11.2 Å². The van der Waals surface area contributed by atoms with Gasteiger partial charge in [-0.25, -0.2) is 4.79 Å². The Bertz CT molecular complexity index is 589. The summed E-state index contributed by atoms with van der Waals surface area (Å²) in [4.78, 5) is 44.8. The van der Waals surface area contributed by atoms with Crippen molar-refractivity contribution in [3.8, 4) is 0 Å². The SMILES string of the molecule is O=C(O)CC(Cn1cc(F)c(=O)[nH]c1=O)C(=O)O. The van der Waals surface area contributed by atoms with Crippen LogP contribution in [0.15, 0.2) is 15.8 Å². The average Bonchev–Trinajstić information content (AvgIpc) is 2.23. The van der Waals surface area contributed by atoms with E-state index in [-0.39, 0.29) is 0 Å². The van der Waals surface area contributed by atoms with Crippen LogP contribution in [-0.2, 0) is 16.1 Å². The number of carbonyl (C=O) groups is 2. The molecule has 0 spiro atoms. The second-order valence-corrected chi connectivity index (χ2v) is 3.52. The van der Waals surface area contributed by atoms with Gasteiger partial charge < -0.3 is 10.2 Å². The number of hydrogen-bond acceptors (Lipinski definition) is 4. The number of aromatic amines is 1. The zero-order chi connectivity index (χ0) is 13.9. The summed E-state index contributed by atoms with van der Waals surface area (Å²) in [5.74, 6) is -5.45. The average molecular weight is 260 g/mol. The van der Waals surface area contributed by atoms with Crippen LogP contribution in [0.2, 0.25) is 0 Å². The molecule has 8 nitrogen and oxygen atoms in total. The number of hydrogen-bond donors (Lipinski definition) is 3. The lowest BCUT2D eigenvalue weighted by atomic mass is 10.1. The summed E-state index contributed by atoms with van der Waals surface area (Å²) in [6, 6.07) is 0. The van der Waals surface area contributed by atoms with Crippen molar-refractivity contribution < 1.29 is 24.2 Å². The molecule has 0 fully saturated rings. The lowest BCUT2D eigenvalue weighted by molar-refractivity contribution is -0.148. The molecule has 1 rings (SSSR count). The Morgan fingerprint density at radius 3 is 2.50 bits per heavy atom. The molecule has 0 bridgehead atoms.